The van der Waals surface area contributed by atoms with Crippen LogP contribution in [0.2, 0.25) is 0 Å². The molecule has 9 heteroatoms. The molecule has 2 N–H and O–H groups in total. The Labute approximate surface area is 158 Å². The van der Waals surface area contributed by atoms with E-state index < -0.39 is 18.8 Å². The first-order valence-electron chi connectivity index (χ1n) is 8.38. The first-order valence-corrected chi connectivity index (χ1v) is 8.38. The molecule has 0 aliphatic carbocycles. The smallest absolute Gasteiger partial charge is 0.422 e. The fourth-order valence-electron chi connectivity index (χ4n) is 2.66. The van der Waals surface area contributed by atoms with Gasteiger partial charge in [0.1, 0.15) is 11.5 Å². The van der Waals surface area contributed by atoms with E-state index in [0.717, 1.165) is 5.52 Å². The summed E-state index contributed by atoms with van der Waals surface area (Å²) in [4.78, 5) is 19.7. The van der Waals surface area contributed by atoms with Gasteiger partial charge in [0, 0.05) is 17.1 Å². The molecule has 0 saturated heterocycles. The number of aromatic amines is 1. The summed E-state index contributed by atoms with van der Waals surface area (Å²) >= 11 is 0. The molecule has 3 aromatic rings. The van der Waals surface area contributed by atoms with Gasteiger partial charge in [-0.05, 0) is 37.3 Å². The summed E-state index contributed by atoms with van der Waals surface area (Å²) in [6.07, 6.45) is -1.62. The lowest BCUT2D eigenvalue weighted by molar-refractivity contribution is -0.153. The zero-order valence-electron chi connectivity index (χ0n) is 15.1. The predicted octanol–water partition coefficient (Wildman–Crippen LogP) is 4.00. The van der Waals surface area contributed by atoms with Crippen LogP contribution in [0.4, 0.5) is 13.2 Å². The third-order valence-corrected chi connectivity index (χ3v) is 4.09. The van der Waals surface area contributed by atoms with Crippen LogP contribution in [0.15, 0.2) is 42.7 Å². The Hall–Kier alpha value is -3.23. The quantitative estimate of drug-likeness (QED) is 0.664. The maximum absolute atomic E-state index is 12.6. The highest BCUT2D eigenvalue weighted by Crippen LogP contribution is 2.24. The number of H-pyrrole nitrogens is 1. The molecule has 2 aromatic heterocycles. The summed E-state index contributed by atoms with van der Waals surface area (Å²) in [6.45, 7) is 0.344. The lowest BCUT2D eigenvalue weighted by Crippen LogP contribution is -2.27. The van der Waals surface area contributed by atoms with Crippen molar-refractivity contribution in [1.29, 1.82) is 0 Å². The number of halogens is 3. The van der Waals surface area contributed by atoms with Gasteiger partial charge in [-0.3, -0.25) is 9.78 Å². The van der Waals surface area contributed by atoms with Gasteiger partial charge < -0.3 is 19.8 Å². The summed E-state index contributed by atoms with van der Waals surface area (Å²) in [5, 5.41) is 3.54. The van der Waals surface area contributed by atoms with E-state index in [-0.39, 0.29) is 11.7 Å². The summed E-state index contributed by atoms with van der Waals surface area (Å²) in [5.41, 5.74) is 1.74. The molecule has 2 heterocycles. The topological polar surface area (TPSA) is 76.2 Å². The molecule has 0 saturated carbocycles. The van der Waals surface area contributed by atoms with Crippen LogP contribution in [-0.2, 0) is 0 Å². The number of carbonyl (C=O) groups is 1. The second-order valence-corrected chi connectivity index (χ2v) is 6.13. The molecule has 6 nitrogen and oxygen atoms in total. The lowest BCUT2D eigenvalue weighted by atomic mass is 10.1. The van der Waals surface area contributed by atoms with Crippen molar-refractivity contribution in [2.75, 3.05) is 13.7 Å². The minimum Gasteiger partial charge on any atom is -0.497 e. The van der Waals surface area contributed by atoms with Crippen molar-refractivity contribution in [3.05, 3.63) is 54.0 Å². The van der Waals surface area contributed by atoms with Crippen molar-refractivity contribution >= 4 is 16.8 Å². The number of rotatable bonds is 6. The SMILES string of the molecule is COc1ccc2[nH]cc(C(=O)N[C@H](C)c3ccc(OCC(F)(F)F)cn3)c2c1. The number of benzene rings is 1. The van der Waals surface area contributed by atoms with E-state index in [1.807, 2.05) is 6.07 Å². The third-order valence-electron chi connectivity index (χ3n) is 4.09. The lowest BCUT2D eigenvalue weighted by Gasteiger charge is -2.14. The second kappa shape index (κ2) is 7.79. The van der Waals surface area contributed by atoms with Gasteiger partial charge in [0.05, 0.1) is 30.6 Å². The number of ether oxygens (including phenoxy) is 2. The van der Waals surface area contributed by atoms with Crippen molar-refractivity contribution < 1.29 is 27.4 Å². The molecule has 0 fully saturated rings. The Morgan fingerprint density at radius 1 is 1.25 bits per heavy atom. The Morgan fingerprint density at radius 3 is 2.64 bits per heavy atom. The predicted molar refractivity (Wildman–Crippen MR) is 96.5 cm³/mol. The summed E-state index contributed by atoms with van der Waals surface area (Å²) < 4.78 is 46.4. The van der Waals surface area contributed by atoms with Crippen LogP contribution >= 0.6 is 0 Å². The van der Waals surface area contributed by atoms with Gasteiger partial charge in [-0.1, -0.05) is 0 Å². The fraction of sp³-hybridized carbons (Fsp3) is 0.263. The van der Waals surface area contributed by atoms with E-state index in [9.17, 15) is 18.0 Å². The molecular formula is C19H18F3N3O3. The molecule has 148 valence electrons. The Balaban J connectivity index is 1.69. The molecule has 0 aliphatic rings. The van der Waals surface area contributed by atoms with E-state index >= 15 is 0 Å². The third kappa shape index (κ3) is 4.54. The van der Waals surface area contributed by atoms with E-state index in [4.69, 9.17) is 4.74 Å². The van der Waals surface area contributed by atoms with Gasteiger partial charge in [-0.15, -0.1) is 0 Å². The fourth-order valence-corrected chi connectivity index (χ4v) is 2.66. The van der Waals surface area contributed by atoms with Gasteiger partial charge in [0.25, 0.3) is 5.91 Å². The van der Waals surface area contributed by atoms with Crippen molar-refractivity contribution in [3.63, 3.8) is 0 Å². The molecule has 28 heavy (non-hydrogen) atoms. The molecule has 1 atom stereocenters. The Morgan fingerprint density at radius 2 is 2.00 bits per heavy atom. The van der Waals surface area contributed by atoms with Gasteiger partial charge in [0.15, 0.2) is 6.61 Å². The molecule has 3 rings (SSSR count). The normalized spacial score (nSPS) is 12.6. The van der Waals surface area contributed by atoms with Crippen LogP contribution in [0.25, 0.3) is 10.9 Å². The first kappa shape index (κ1) is 19.5. The number of hydrogen-bond donors (Lipinski definition) is 2. The summed E-state index contributed by atoms with van der Waals surface area (Å²) in [7, 11) is 1.55. The minimum absolute atomic E-state index is 0.00308. The average molecular weight is 393 g/mol. The molecule has 0 aliphatic heterocycles. The number of amides is 1. The molecule has 0 spiro atoms. The molecule has 0 bridgehead atoms. The zero-order chi connectivity index (χ0) is 20.3. The van der Waals surface area contributed by atoms with Crippen LogP contribution in [0.3, 0.4) is 0 Å². The van der Waals surface area contributed by atoms with Gasteiger partial charge in [-0.2, -0.15) is 13.2 Å². The highest BCUT2D eigenvalue weighted by molar-refractivity contribution is 6.07. The molecule has 0 unspecified atom stereocenters. The number of methoxy groups -OCH3 is 1. The molecule has 1 aromatic carbocycles. The van der Waals surface area contributed by atoms with Gasteiger partial charge in [0.2, 0.25) is 0 Å². The van der Waals surface area contributed by atoms with E-state index in [0.29, 0.717) is 22.4 Å². The number of hydrogen-bond acceptors (Lipinski definition) is 4. The van der Waals surface area contributed by atoms with Crippen LogP contribution < -0.4 is 14.8 Å². The van der Waals surface area contributed by atoms with E-state index in [1.165, 1.54) is 18.3 Å². The van der Waals surface area contributed by atoms with Crippen molar-refractivity contribution in [1.82, 2.24) is 15.3 Å². The Kier molecular flexibility index (Phi) is 5.43. The highest BCUT2D eigenvalue weighted by atomic mass is 19.4. The van der Waals surface area contributed by atoms with Crippen LogP contribution in [0, 0.1) is 0 Å². The number of nitrogens with zero attached hydrogens (tertiary/aromatic N) is 1. The van der Waals surface area contributed by atoms with Crippen molar-refractivity contribution in [2.45, 2.75) is 19.1 Å². The standard InChI is InChI=1S/C19H18F3N3O3/c1-11(16-5-4-13(8-23-16)28-10-19(20,21)22)25-18(26)15-9-24-17-6-3-12(27-2)7-14(15)17/h3-9,11,24H,10H2,1-2H3,(H,25,26)/t11-/m1/s1. The van der Waals surface area contributed by atoms with E-state index in [1.54, 1.807) is 32.4 Å². The van der Waals surface area contributed by atoms with E-state index in [2.05, 4.69) is 20.0 Å². The number of alkyl halides is 3. The zero-order valence-corrected chi connectivity index (χ0v) is 15.1. The number of pyridine rings is 1. The molecule has 0 radical (unpaired) electrons. The van der Waals surface area contributed by atoms with Crippen LogP contribution in [-0.4, -0.2) is 35.8 Å². The summed E-state index contributed by atoms with van der Waals surface area (Å²) in [5.74, 6) is 0.319. The second-order valence-electron chi connectivity index (χ2n) is 6.13. The monoisotopic (exact) mass is 393 g/mol. The number of nitrogens with one attached hydrogen (secondary N) is 2. The first-order chi connectivity index (χ1) is 13.3. The average Bonchev–Trinajstić information content (AvgIpc) is 3.09. The van der Waals surface area contributed by atoms with Crippen molar-refractivity contribution in [3.8, 4) is 11.5 Å². The summed E-state index contributed by atoms with van der Waals surface area (Å²) in [6, 6.07) is 7.80. The van der Waals surface area contributed by atoms with Crippen LogP contribution in [0.1, 0.15) is 29.0 Å². The van der Waals surface area contributed by atoms with Gasteiger partial charge in [-0.25, -0.2) is 0 Å². The minimum atomic E-state index is -4.41. The highest BCUT2D eigenvalue weighted by Gasteiger charge is 2.28. The number of carbonyl (C=O) groups excluding carboxylic acids is 1. The number of fused-ring (bicyclic) bond motifs is 1. The molecular weight excluding hydrogens is 375 g/mol. The Bertz CT molecular complexity index is 968. The maximum atomic E-state index is 12.6. The van der Waals surface area contributed by atoms with Crippen molar-refractivity contribution in [2.24, 2.45) is 0 Å². The van der Waals surface area contributed by atoms with Gasteiger partial charge >= 0.3 is 6.18 Å². The molecule has 1 amide bonds. The number of aromatic nitrogens is 2. The largest absolute Gasteiger partial charge is 0.497 e. The van der Waals surface area contributed by atoms with Crippen LogP contribution in [0.5, 0.6) is 11.5 Å². The maximum Gasteiger partial charge on any atom is 0.422 e.